The van der Waals surface area contributed by atoms with Crippen LogP contribution in [-0.4, -0.2) is 14.3 Å². The first kappa shape index (κ1) is 15.4. The van der Waals surface area contributed by atoms with Gasteiger partial charge in [-0.05, 0) is 51.0 Å². The maximum absolute atomic E-state index is 13.5. The van der Waals surface area contributed by atoms with E-state index in [-0.39, 0.29) is 16.0 Å². The molecule has 0 radical (unpaired) electrons. The van der Waals surface area contributed by atoms with Crippen LogP contribution in [0.3, 0.4) is 0 Å². The van der Waals surface area contributed by atoms with Gasteiger partial charge in [-0.1, -0.05) is 6.08 Å². The highest BCUT2D eigenvalue weighted by Gasteiger charge is 2.20. The summed E-state index contributed by atoms with van der Waals surface area (Å²) in [7, 11) is -3.98. The lowest BCUT2D eigenvalue weighted by Crippen LogP contribution is -2.31. The Balaban J connectivity index is 3.19. The van der Waals surface area contributed by atoms with Gasteiger partial charge in [-0.3, -0.25) is 4.79 Å². The number of aryl methyl sites for hydroxylation is 2. The smallest absolute Gasteiger partial charge is 0.264 e. The van der Waals surface area contributed by atoms with Crippen LogP contribution >= 0.6 is 0 Å². The number of carbonyl (C=O) groups excluding carboxylic acids is 1. The Labute approximate surface area is 112 Å². The molecule has 6 heteroatoms. The molecule has 4 nitrogen and oxygen atoms in total. The predicted octanol–water partition coefficient (Wildman–Crippen LogP) is 2.21. The van der Waals surface area contributed by atoms with Gasteiger partial charge in [0.15, 0.2) is 0 Å². The lowest BCUT2D eigenvalue weighted by molar-refractivity contribution is -0.115. The molecule has 1 aromatic carbocycles. The maximum Gasteiger partial charge on any atom is 0.264 e. The number of halogens is 1. The molecular weight excluding hydrogens is 269 g/mol. The number of nitrogens with one attached hydrogen (secondary N) is 1. The van der Waals surface area contributed by atoms with Crippen LogP contribution in [0.2, 0.25) is 0 Å². The molecule has 0 bridgehead atoms. The molecule has 0 saturated carbocycles. The summed E-state index contributed by atoms with van der Waals surface area (Å²) in [6.45, 7) is 6.08. The Morgan fingerprint density at radius 2 is 1.74 bits per heavy atom. The number of hydrogen-bond donors (Lipinski definition) is 1. The van der Waals surface area contributed by atoms with Gasteiger partial charge in [-0.15, -0.1) is 0 Å². The van der Waals surface area contributed by atoms with Crippen LogP contribution in [0.25, 0.3) is 0 Å². The number of sulfonamides is 1. The van der Waals surface area contributed by atoms with Crippen molar-refractivity contribution < 1.29 is 17.6 Å². The maximum atomic E-state index is 13.5. The van der Waals surface area contributed by atoms with Crippen molar-refractivity contribution in [3.05, 3.63) is 40.7 Å². The minimum atomic E-state index is -3.98. The molecule has 1 aromatic rings. The SMILES string of the molecule is C/C=C(\C)C(=O)NS(=O)(=O)c1cc(C)c(F)c(C)c1. The normalized spacial score (nSPS) is 12.4. The third kappa shape index (κ3) is 3.41. The molecule has 0 aliphatic carbocycles. The molecule has 1 rings (SSSR count). The number of rotatable bonds is 3. The van der Waals surface area contributed by atoms with Crippen LogP contribution in [0.5, 0.6) is 0 Å². The topological polar surface area (TPSA) is 63.2 Å². The van der Waals surface area contributed by atoms with Crippen LogP contribution in [0.4, 0.5) is 4.39 Å². The van der Waals surface area contributed by atoms with Gasteiger partial charge in [0.1, 0.15) is 5.82 Å². The van der Waals surface area contributed by atoms with Crippen molar-refractivity contribution >= 4 is 15.9 Å². The highest BCUT2D eigenvalue weighted by molar-refractivity contribution is 7.90. The third-order valence-electron chi connectivity index (χ3n) is 2.74. The van der Waals surface area contributed by atoms with Crippen molar-refractivity contribution in [3.63, 3.8) is 0 Å². The van der Waals surface area contributed by atoms with E-state index in [9.17, 15) is 17.6 Å². The van der Waals surface area contributed by atoms with E-state index in [4.69, 9.17) is 0 Å². The standard InChI is InChI=1S/C13H16FNO3S/c1-5-8(2)13(16)15-19(17,18)11-6-9(3)12(14)10(4)7-11/h5-7H,1-4H3,(H,15,16)/b8-5+. The van der Waals surface area contributed by atoms with Crippen molar-refractivity contribution in [3.8, 4) is 0 Å². The molecule has 0 atom stereocenters. The molecule has 104 valence electrons. The Morgan fingerprint density at radius 3 is 2.16 bits per heavy atom. The molecule has 0 heterocycles. The van der Waals surface area contributed by atoms with Crippen LogP contribution in [0, 0.1) is 19.7 Å². The summed E-state index contributed by atoms with van der Waals surface area (Å²) in [4.78, 5) is 11.4. The first-order chi connectivity index (χ1) is 8.69. The van der Waals surface area contributed by atoms with E-state index in [1.807, 2.05) is 4.72 Å². The van der Waals surface area contributed by atoms with E-state index in [1.165, 1.54) is 39.0 Å². The van der Waals surface area contributed by atoms with Crippen molar-refractivity contribution in [1.82, 2.24) is 4.72 Å². The first-order valence-corrected chi connectivity index (χ1v) is 7.14. The van der Waals surface area contributed by atoms with Crippen LogP contribution in [-0.2, 0) is 14.8 Å². The Hall–Kier alpha value is -1.69. The van der Waals surface area contributed by atoms with Gasteiger partial charge in [0.05, 0.1) is 4.90 Å². The van der Waals surface area contributed by atoms with Crippen LogP contribution < -0.4 is 4.72 Å². The molecule has 0 aliphatic rings. The van der Waals surface area contributed by atoms with E-state index in [0.29, 0.717) is 5.57 Å². The lowest BCUT2D eigenvalue weighted by atomic mass is 10.1. The Kier molecular flexibility index (Phi) is 4.47. The molecule has 0 spiro atoms. The first-order valence-electron chi connectivity index (χ1n) is 5.66. The molecular formula is C13H16FNO3S. The summed E-state index contributed by atoms with van der Waals surface area (Å²) in [6, 6.07) is 2.39. The second-order valence-electron chi connectivity index (χ2n) is 4.28. The number of amides is 1. The monoisotopic (exact) mass is 285 g/mol. The van der Waals surface area contributed by atoms with Gasteiger partial charge >= 0.3 is 0 Å². The highest BCUT2D eigenvalue weighted by atomic mass is 32.2. The number of hydrogen-bond acceptors (Lipinski definition) is 3. The molecule has 19 heavy (non-hydrogen) atoms. The second kappa shape index (κ2) is 5.52. The zero-order valence-electron chi connectivity index (χ0n) is 11.2. The predicted molar refractivity (Wildman–Crippen MR) is 70.6 cm³/mol. The van der Waals surface area contributed by atoms with E-state index >= 15 is 0 Å². The van der Waals surface area contributed by atoms with Gasteiger partial charge in [0, 0.05) is 5.57 Å². The number of benzene rings is 1. The van der Waals surface area contributed by atoms with Crippen molar-refractivity contribution in [2.24, 2.45) is 0 Å². The fraction of sp³-hybridized carbons (Fsp3) is 0.308. The Bertz CT molecular complexity index is 625. The summed E-state index contributed by atoms with van der Waals surface area (Å²) in [5, 5.41) is 0. The minimum absolute atomic E-state index is 0.124. The fourth-order valence-corrected chi connectivity index (χ4v) is 2.64. The number of carbonyl (C=O) groups is 1. The summed E-state index contributed by atoms with van der Waals surface area (Å²) >= 11 is 0. The average Bonchev–Trinajstić information content (AvgIpc) is 2.33. The molecule has 1 amide bonds. The Morgan fingerprint density at radius 1 is 1.26 bits per heavy atom. The zero-order chi connectivity index (χ0) is 14.8. The second-order valence-corrected chi connectivity index (χ2v) is 5.96. The lowest BCUT2D eigenvalue weighted by Gasteiger charge is -2.09. The van der Waals surface area contributed by atoms with E-state index in [1.54, 1.807) is 6.92 Å². The van der Waals surface area contributed by atoms with Crippen molar-refractivity contribution in [1.29, 1.82) is 0 Å². The summed E-state index contributed by atoms with van der Waals surface area (Å²) in [6.07, 6.45) is 1.51. The van der Waals surface area contributed by atoms with E-state index in [2.05, 4.69) is 0 Å². The van der Waals surface area contributed by atoms with Gasteiger partial charge in [-0.2, -0.15) is 0 Å². The summed E-state index contributed by atoms with van der Waals surface area (Å²) in [5.41, 5.74) is 0.727. The van der Waals surface area contributed by atoms with E-state index in [0.717, 1.165) is 0 Å². The quantitative estimate of drug-likeness (QED) is 0.866. The van der Waals surface area contributed by atoms with Gasteiger partial charge in [0.25, 0.3) is 15.9 Å². The summed E-state index contributed by atoms with van der Waals surface area (Å²) < 4.78 is 39.4. The molecule has 0 fully saturated rings. The van der Waals surface area contributed by atoms with E-state index < -0.39 is 21.7 Å². The van der Waals surface area contributed by atoms with Gasteiger partial charge in [-0.25, -0.2) is 17.5 Å². The molecule has 0 aliphatic heterocycles. The zero-order valence-corrected chi connectivity index (χ0v) is 12.1. The number of allylic oxidation sites excluding steroid dienone is 1. The van der Waals surface area contributed by atoms with Crippen molar-refractivity contribution in [2.75, 3.05) is 0 Å². The largest absolute Gasteiger partial charge is 0.269 e. The van der Waals surface area contributed by atoms with Crippen LogP contribution in [0.15, 0.2) is 28.7 Å². The molecule has 0 unspecified atom stereocenters. The highest BCUT2D eigenvalue weighted by Crippen LogP contribution is 2.18. The van der Waals surface area contributed by atoms with Gasteiger partial charge < -0.3 is 0 Å². The van der Waals surface area contributed by atoms with Crippen LogP contribution in [0.1, 0.15) is 25.0 Å². The summed E-state index contributed by atoms with van der Waals surface area (Å²) in [5.74, 6) is -1.14. The average molecular weight is 285 g/mol. The molecule has 1 N–H and O–H groups in total. The fourth-order valence-electron chi connectivity index (χ4n) is 1.45. The third-order valence-corrected chi connectivity index (χ3v) is 4.05. The molecule has 0 aromatic heterocycles. The molecule has 0 saturated heterocycles. The van der Waals surface area contributed by atoms with Crippen molar-refractivity contribution in [2.45, 2.75) is 32.6 Å². The minimum Gasteiger partial charge on any atom is -0.269 e. The van der Waals surface area contributed by atoms with Gasteiger partial charge in [0.2, 0.25) is 0 Å².